The molecule has 1 aliphatic carbocycles. The fourth-order valence-corrected chi connectivity index (χ4v) is 10.1. The normalized spacial score (nSPS) is 13.3. The number of benzene rings is 8. The number of fused-ring (bicyclic) bond motifs is 10. The van der Waals surface area contributed by atoms with Gasteiger partial charge in [0.2, 0.25) is 0 Å². The number of para-hydroxylation sites is 4. The van der Waals surface area contributed by atoms with Gasteiger partial charge in [0.25, 0.3) is 0 Å². The van der Waals surface area contributed by atoms with Gasteiger partial charge in [-0.1, -0.05) is 158 Å². The lowest BCUT2D eigenvalue weighted by atomic mass is 9.90. The molecule has 5 nitrogen and oxygen atoms in total. The summed E-state index contributed by atoms with van der Waals surface area (Å²) >= 11 is 0. The zero-order chi connectivity index (χ0) is 40.3. The van der Waals surface area contributed by atoms with Gasteiger partial charge in [-0.2, -0.15) is 0 Å². The number of nitrogens with zero attached hydrogens (tertiary/aromatic N) is 5. The van der Waals surface area contributed by atoms with E-state index < -0.39 is 0 Å². The van der Waals surface area contributed by atoms with Crippen LogP contribution < -0.4 is 0 Å². The lowest BCUT2D eigenvalue weighted by molar-refractivity contribution is 0.724. The van der Waals surface area contributed by atoms with E-state index in [1.807, 2.05) is 0 Å². The van der Waals surface area contributed by atoms with Crippen LogP contribution in [0.5, 0.6) is 0 Å². The summed E-state index contributed by atoms with van der Waals surface area (Å²) in [5.41, 5.74) is 15.0. The number of hydrogen-bond acceptors (Lipinski definition) is 3. The molecule has 61 heavy (non-hydrogen) atoms. The quantitative estimate of drug-likeness (QED) is 0.146. The second-order valence-electron chi connectivity index (χ2n) is 16.3. The maximum atomic E-state index is 5.33. The molecule has 0 aliphatic heterocycles. The highest BCUT2D eigenvalue weighted by Crippen LogP contribution is 2.51. The molecule has 1 aliphatic rings. The Hall–Kier alpha value is -7.63. The van der Waals surface area contributed by atoms with E-state index in [0.29, 0.717) is 19.3 Å². The minimum absolute atomic E-state index is 0.0688. The van der Waals surface area contributed by atoms with Gasteiger partial charge in [0.15, 0.2) is 0 Å². The van der Waals surface area contributed by atoms with Crippen LogP contribution in [-0.4, -0.2) is 24.1 Å². The van der Waals surface area contributed by atoms with E-state index in [1.54, 1.807) is 0 Å². The van der Waals surface area contributed by atoms with Crippen molar-refractivity contribution >= 4 is 43.6 Å². The molecule has 8 aromatic carbocycles. The standard InChI is InChI=1S/C56H41N5/c1-3-16-37(17-4-1)33-52-57-53(34-38-18-15-19-39(32-38)36-60-48-27-12-9-24-43(48)44-25-10-13-28-49(44)60)59-54(58-52)35-47-42-23-8-7-22-41(42)45-30-31-51-56(55(45)47)46-26-11-14-29-50(46)61(51)40-20-5-2-6-21-40/h1-32,47H,33-36H2. The largest absolute Gasteiger partial charge is 0.336 e. The zero-order valence-corrected chi connectivity index (χ0v) is 33.6. The van der Waals surface area contributed by atoms with Crippen LogP contribution in [0.3, 0.4) is 0 Å². The molecule has 3 heterocycles. The summed E-state index contributed by atoms with van der Waals surface area (Å²) in [6.45, 7) is 0.777. The summed E-state index contributed by atoms with van der Waals surface area (Å²) in [6.07, 6.45) is 1.92. The first-order valence-corrected chi connectivity index (χ1v) is 21.2. The highest BCUT2D eigenvalue weighted by atomic mass is 15.0. The highest BCUT2D eigenvalue weighted by molar-refractivity contribution is 6.14. The highest BCUT2D eigenvalue weighted by Gasteiger charge is 2.33. The predicted octanol–water partition coefficient (Wildman–Crippen LogP) is 12.7. The molecule has 0 amide bonds. The van der Waals surface area contributed by atoms with E-state index in [9.17, 15) is 0 Å². The minimum Gasteiger partial charge on any atom is -0.336 e. The van der Waals surface area contributed by atoms with Gasteiger partial charge in [0.1, 0.15) is 17.5 Å². The molecule has 0 radical (unpaired) electrons. The Bertz CT molecular complexity index is 3380. The summed E-state index contributed by atoms with van der Waals surface area (Å²) in [7, 11) is 0. The van der Waals surface area contributed by atoms with Crippen molar-refractivity contribution in [2.24, 2.45) is 0 Å². The predicted molar refractivity (Wildman–Crippen MR) is 249 cm³/mol. The van der Waals surface area contributed by atoms with E-state index >= 15 is 0 Å². The van der Waals surface area contributed by atoms with Gasteiger partial charge in [0, 0.05) is 70.0 Å². The minimum atomic E-state index is 0.0688. The average Bonchev–Trinajstić information content (AvgIpc) is 3.93. The van der Waals surface area contributed by atoms with Crippen LogP contribution in [0.4, 0.5) is 0 Å². The van der Waals surface area contributed by atoms with Gasteiger partial charge in [-0.3, -0.25) is 0 Å². The molecule has 290 valence electrons. The van der Waals surface area contributed by atoms with Crippen molar-refractivity contribution in [1.82, 2.24) is 24.1 Å². The average molecular weight is 784 g/mol. The number of hydrogen-bond donors (Lipinski definition) is 0. The first-order valence-electron chi connectivity index (χ1n) is 21.2. The Balaban J connectivity index is 0.953. The Labute approximate surface area is 354 Å². The van der Waals surface area contributed by atoms with E-state index in [0.717, 1.165) is 29.7 Å². The molecule has 12 rings (SSSR count). The maximum absolute atomic E-state index is 5.33. The maximum Gasteiger partial charge on any atom is 0.137 e. The van der Waals surface area contributed by atoms with Crippen LogP contribution in [0.2, 0.25) is 0 Å². The second-order valence-corrected chi connectivity index (χ2v) is 16.3. The molecule has 1 unspecified atom stereocenters. The Morgan fingerprint density at radius 1 is 0.410 bits per heavy atom. The Morgan fingerprint density at radius 3 is 1.74 bits per heavy atom. The molecule has 0 saturated heterocycles. The van der Waals surface area contributed by atoms with Crippen molar-refractivity contribution < 1.29 is 0 Å². The second kappa shape index (κ2) is 14.6. The lowest BCUT2D eigenvalue weighted by Crippen LogP contribution is -2.12. The van der Waals surface area contributed by atoms with Crippen LogP contribution in [0.15, 0.2) is 194 Å². The summed E-state index contributed by atoms with van der Waals surface area (Å²) in [5, 5.41) is 5.14. The first kappa shape index (κ1) is 35.3. The van der Waals surface area contributed by atoms with Gasteiger partial charge in [-0.25, -0.2) is 15.0 Å². The summed E-state index contributed by atoms with van der Waals surface area (Å²) in [5.74, 6) is 2.50. The summed E-state index contributed by atoms with van der Waals surface area (Å²) in [4.78, 5) is 15.8. The number of rotatable bonds is 9. The van der Waals surface area contributed by atoms with Crippen molar-refractivity contribution in [3.8, 4) is 16.8 Å². The molecule has 0 bridgehead atoms. The SMILES string of the molecule is c1ccc(Cc2nc(Cc3cccc(Cn4c5ccccc5c5ccccc54)c3)nc(CC3c4ccccc4-c4ccc5c(c43)c3ccccc3n5-c3ccccc3)n2)cc1. The monoisotopic (exact) mass is 783 g/mol. The van der Waals surface area contributed by atoms with E-state index in [2.05, 4.69) is 203 Å². The van der Waals surface area contributed by atoms with Crippen molar-refractivity contribution in [2.45, 2.75) is 31.7 Å². The molecule has 0 N–H and O–H groups in total. The summed E-state index contributed by atoms with van der Waals surface area (Å²) < 4.78 is 4.85. The van der Waals surface area contributed by atoms with Crippen molar-refractivity contribution in [1.29, 1.82) is 0 Å². The van der Waals surface area contributed by atoms with Crippen LogP contribution in [0.1, 0.15) is 51.2 Å². The third-order valence-corrected chi connectivity index (χ3v) is 12.6. The van der Waals surface area contributed by atoms with Crippen molar-refractivity contribution in [3.05, 3.63) is 239 Å². The summed E-state index contributed by atoms with van der Waals surface area (Å²) in [6, 6.07) is 70.1. The van der Waals surface area contributed by atoms with Crippen LogP contribution in [0, 0.1) is 0 Å². The van der Waals surface area contributed by atoms with Gasteiger partial charge < -0.3 is 9.13 Å². The van der Waals surface area contributed by atoms with Crippen LogP contribution >= 0.6 is 0 Å². The number of aromatic nitrogens is 5. The Kier molecular flexibility index (Phi) is 8.44. The molecular formula is C56H41N5. The zero-order valence-electron chi connectivity index (χ0n) is 33.6. The molecule has 11 aromatic rings. The molecule has 0 saturated carbocycles. The molecule has 3 aromatic heterocycles. The van der Waals surface area contributed by atoms with Crippen molar-refractivity contribution in [3.63, 3.8) is 0 Å². The fraction of sp³-hybridized carbons (Fsp3) is 0.0893. The first-order chi connectivity index (χ1) is 30.2. The van der Waals surface area contributed by atoms with E-state index in [-0.39, 0.29) is 5.92 Å². The van der Waals surface area contributed by atoms with Gasteiger partial charge >= 0.3 is 0 Å². The molecular weight excluding hydrogens is 743 g/mol. The topological polar surface area (TPSA) is 48.5 Å². The van der Waals surface area contributed by atoms with Gasteiger partial charge in [-0.05, 0) is 75.3 Å². The van der Waals surface area contributed by atoms with Gasteiger partial charge in [-0.15, -0.1) is 0 Å². The fourth-order valence-electron chi connectivity index (χ4n) is 10.1. The molecule has 0 spiro atoms. The molecule has 0 fully saturated rings. The molecule has 1 atom stereocenters. The van der Waals surface area contributed by atoms with E-state index in [4.69, 9.17) is 15.0 Å². The third-order valence-electron chi connectivity index (χ3n) is 12.6. The van der Waals surface area contributed by atoms with Crippen molar-refractivity contribution in [2.75, 3.05) is 0 Å². The lowest BCUT2D eigenvalue weighted by Gasteiger charge is -2.16. The smallest absolute Gasteiger partial charge is 0.137 e. The van der Waals surface area contributed by atoms with Crippen LogP contribution in [-0.2, 0) is 25.8 Å². The molecule has 5 heteroatoms. The third kappa shape index (κ3) is 6.12. The van der Waals surface area contributed by atoms with E-state index in [1.165, 1.54) is 82.6 Å². The van der Waals surface area contributed by atoms with Crippen LogP contribution in [0.25, 0.3) is 60.4 Å². The van der Waals surface area contributed by atoms with Gasteiger partial charge in [0.05, 0.1) is 11.0 Å². The Morgan fingerprint density at radius 2 is 0.984 bits per heavy atom.